The zero-order valence-corrected chi connectivity index (χ0v) is 58.5. The van der Waals surface area contributed by atoms with Gasteiger partial charge >= 0.3 is 29.8 Å². The Hall–Kier alpha value is -8.80. The molecule has 0 spiro atoms. The van der Waals surface area contributed by atoms with E-state index < -0.39 is 175 Å². The number of aliphatic carboxylic acids is 5. The number of carbonyl (C=O) groups excluding carboxylic acids is 8. The number of guanidine groups is 1. The van der Waals surface area contributed by atoms with Crippen molar-refractivity contribution < 1.29 is 93.0 Å². The van der Waals surface area contributed by atoms with E-state index >= 15 is 9.59 Å². The molecule has 0 saturated carbocycles. The molecular weight excluding hydrogens is 1320 g/mol. The number of hydrogen-bond donors (Lipinski definition) is 16. The maximum absolute atomic E-state index is 15.4. The second-order valence-electron chi connectivity index (χ2n) is 28.1. The first-order valence-electron chi connectivity index (χ1n) is 34.6. The molecule has 5 rings (SSSR count). The van der Waals surface area contributed by atoms with Gasteiger partial charge < -0.3 is 94.0 Å². The highest BCUT2D eigenvalue weighted by Gasteiger charge is 2.46. The van der Waals surface area contributed by atoms with Crippen molar-refractivity contribution in [2.24, 2.45) is 34.6 Å². The van der Waals surface area contributed by atoms with Crippen LogP contribution in [0.2, 0.25) is 0 Å². The predicted octanol–water partition coefficient (Wildman–Crippen LogP) is -3.02. The maximum atomic E-state index is 15.4. The summed E-state index contributed by atoms with van der Waals surface area (Å²) in [6, 6.07) is -4.28. The number of aromatic hydroxyl groups is 1. The third-order valence-electron chi connectivity index (χ3n) is 18.6. The summed E-state index contributed by atoms with van der Waals surface area (Å²) >= 11 is 0. The van der Waals surface area contributed by atoms with Gasteiger partial charge in [0.1, 0.15) is 54.1 Å². The standard InChI is InChI=1S/C66H106N16O19/c1-39(2)32-46(64(100)101)73-61(97)56(66(3,4)5)76-57(93)45(33-40-13-15-43(83)16-14-40)72-58(94)47-11-9-25-82(47)63(99)55(41-17-22-70-23-18-41)75-60(96)54(42-19-26-80(27-20-42)65(68)69)74-59(95)48-12-8-24-81(48)62(98)44(10-6-7-21-67)71-49(84)34-78(36-51(87)88)30-28-77(35-50(85)86)29-31-79(37-52(89)90)38-53(91)92/h13-16,39,41-42,44-48,54-56,70,83H,6-12,17-38,67H2,1-5H3,(H3,68,69)(H,71,84)(H,72,94)(H,73,97)(H,74,95)(H,75,96)(H,76,93)(H,85,86)(H,87,88)(H,89,90)(H,91,92)(H,100,101)/t44-,45-,46-,47-,48-,54-,55-,56+/m0/s1. The summed E-state index contributed by atoms with van der Waals surface area (Å²) in [6.07, 6.45) is 3.03. The van der Waals surface area contributed by atoms with Gasteiger partial charge in [0, 0.05) is 58.8 Å². The molecule has 0 radical (unpaired) electrons. The number of piperidine rings is 2. The number of hydrogen-bond acceptors (Lipinski definition) is 20. The number of phenols is 1. The number of nitrogens with one attached hydrogen (secondary N) is 8. The maximum Gasteiger partial charge on any atom is 0.326 e. The van der Waals surface area contributed by atoms with E-state index in [9.17, 15) is 83.4 Å². The SMILES string of the molecule is CC(C)C[C@H](NC(=O)[C@@H](NC(=O)[C@H](Cc1ccc(O)cc1)NC(=O)[C@@H]1CCCN1C(=O)[C@@H](NC(=O)[C@@H](NC(=O)[C@@H]1CCCN1C(=O)[C@H](CCCCN)NC(=O)CN(CCN(CCN(CC(=O)O)CC(=O)O)CC(=O)O)CC(=O)O)C1CCN(C(=N)N)CC1)C1CCNCC1)C(C)(C)C)C(=O)O. The fraction of sp³-hybridized carbons (Fsp3) is 0.697. The largest absolute Gasteiger partial charge is 0.508 e. The molecule has 0 aliphatic carbocycles. The van der Waals surface area contributed by atoms with Gasteiger partial charge in [0.25, 0.3) is 0 Å². The van der Waals surface area contributed by atoms with E-state index in [0.717, 1.165) is 4.90 Å². The van der Waals surface area contributed by atoms with Gasteiger partial charge in [-0.3, -0.25) is 77.6 Å². The second-order valence-corrected chi connectivity index (χ2v) is 28.1. The van der Waals surface area contributed by atoms with Crippen molar-refractivity contribution in [2.45, 2.75) is 166 Å². The molecule has 18 N–H and O–H groups in total. The van der Waals surface area contributed by atoms with Crippen LogP contribution >= 0.6 is 0 Å². The zero-order valence-electron chi connectivity index (χ0n) is 58.5. The minimum absolute atomic E-state index is 0.0385. The monoisotopic (exact) mass is 1430 g/mol. The number of amides is 8. The third kappa shape index (κ3) is 26.9. The summed E-state index contributed by atoms with van der Waals surface area (Å²) in [5.41, 5.74) is 11.2. The topological polar surface area (TPSA) is 523 Å². The van der Waals surface area contributed by atoms with E-state index in [4.69, 9.17) is 16.9 Å². The van der Waals surface area contributed by atoms with Gasteiger partial charge in [-0.2, -0.15) is 0 Å². The first-order valence-corrected chi connectivity index (χ1v) is 34.6. The lowest BCUT2D eigenvalue weighted by atomic mass is 9.85. The minimum atomic E-state index is -1.39. The first-order chi connectivity index (χ1) is 47.6. The molecule has 4 fully saturated rings. The van der Waals surface area contributed by atoms with Crippen LogP contribution in [-0.2, 0) is 68.7 Å². The van der Waals surface area contributed by atoms with Crippen LogP contribution in [0, 0.1) is 28.6 Å². The van der Waals surface area contributed by atoms with Crippen molar-refractivity contribution in [1.82, 2.24) is 66.6 Å². The van der Waals surface area contributed by atoms with E-state index in [1.807, 2.05) is 0 Å². The number of carbonyl (C=O) groups is 13. The van der Waals surface area contributed by atoms with Gasteiger partial charge in [-0.05, 0) is 138 Å². The quantitative estimate of drug-likeness (QED) is 0.0177. The minimum Gasteiger partial charge on any atom is -0.508 e. The molecule has 1 aromatic carbocycles. The number of nitrogens with zero attached hydrogens (tertiary/aromatic N) is 6. The molecule has 8 atom stereocenters. The molecule has 1 aromatic rings. The molecule has 4 aliphatic heterocycles. The highest BCUT2D eigenvalue weighted by atomic mass is 16.4. The lowest BCUT2D eigenvalue weighted by Gasteiger charge is -2.39. The number of carboxylic acid groups (broad SMARTS) is 5. The van der Waals surface area contributed by atoms with Crippen LogP contribution in [-0.4, -0.2) is 296 Å². The van der Waals surface area contributed by atoms with E-state index in [1.54, 1.807) is 51.7 Å². The van der Waals surface area contributed by atoms with E-state index in [2.05, 4.69) is 37.2 Å². The van der Waals surface area contributed by atoms with Crippen LogP contribution in [0.4, 0.5) is 0 Å². The Bertz CT molecular complexity index is 3030. The van der Waals surface area contributed by atoms with Crippen LogP contribution in [0.3, 0.4) is 0 Å². The summed E-state index contributed by atoms with van der Waals surface area (Å²) in [7, 11) is 0. The molecule has 4 aliphatic rings. The zero-order chi connectivity index (χ0) is 74.8. The average Bonchev–Trinajstić information content (AvgIpc) is 1.81. The molecule has 35 heteroatoms. The van der Waals surface area contributed by atoms with Crippen LogP contribution in [0.25, 0.3) is 0 Å². The van der Waals surface area contributed by atoms with Crippen LogP contribution in [0.5, 0.6) is 5.75 Å². The summed E-state index contributed by atoms with van der Waals surface area (Å²) in [4.78, 5) is 185. The Kier molecular flexibility index (Phi) is 32.8. The third-order valence-corrected chi connectivity index (χ3v) is 18.6. The lowest BCUT2D eigenvalue weighted by molar-refractivity contribution is -0.145. The molecule has 0 unspecified atom stereocenters. The number of unbranched alkanes of at least 4 members (excludes halogenated alkanes) is 1. The molecule has 0 bridgehead atoms. The van der Waals surface area contributed by atoms with Crippen LogP contribution < -0.4 is 48.7 Å². The molecule has 35 nitrogen and oxygen atoms in total. The van der Waals surface area contributed by atoms with Gasteiger partial charge in [-0.15, -0.1) is 0 Å². The normalized spacial score (nSPS) is 18.6. The van der Waals surface area contributed by atoms with Crippen molar-refractivity contribution in [2.75, 3.05) is 105 Å². The molecule has 4 heterocycles. The molecule has 8 amide bonds. The van der Waals surface area contributed by atoms with Crippen molar-refractivity contribution >= 4 is 83.1 Å². The fourth-order valence-corrected chi connectivity index (χ4v) is 13.3. The van der Waals surface area contributed by atoms with Crippen LogP contribution in [0.15, 0.2) is 24.3 Å². The lowest BCUT2D eigenvalue weighted by Crippen LogP contribution is -2.63. The van der Waals surface area contributed by atoms with Crippen molar-refractivity contribution in [1.29, 1.82) is 5.41 Å². The number of rotatable bonds is 40. The van der Waals surface area contributed by atoms with Crippen molar-refractivity contribution in [3.63, 3.8) is 0 Å². The van der Waals surface area contributed by atoms with Gasteiger partial charge in [-0.25, -0.2) is 4.79 Å². The number of benzene rings is 1. The Labute approximate surface area is 587 Å². The second kappa shape index (κ2) is 40.0. The molecule has 4 saturated heterocycles. The first kappa shape index (κ1) is 82.9. The van der Waals surface area contributed by atoms with Gasteiger partial charge in [0.2, 0.25) is 47.3 Å². The van der Waals surface area contributed by atoms with E-state index in [1.165, 1.54) is 31.7 Å². The van der Waals surface area contributed by atoms with E-state index in [0.29, 0.717) is 57.2 Å². The van der Waals surface area contributed by atoms with Crippen LogP contribution in [0.1, 0.15) is 117 Å². The highest BCUT2D eigenvalue weighted by molar-refractivity contribution is 5.99. The molecule has 0 aromatic heterocycles. The average molecular weight is 1430 g/mol. The Morgan fingerprint density at radius 1 is 0.574 bits per heavy atom. The molecular formula is C66H106N16O19. The molecule has 564 valence electrons. The predicted molar refractivity (Wildman–Crippen MR) is 364 cm³/mol. The Morgan fingerprint density at radius 3 is 1.58 bits per heavy atom. The van der Waals surface area contributed by atoms with Gasteiger partial charge in [-0.1, -0.05) is 46.8 Å². The van der Waals surface area contributed by atoms with Crippen molar-refractivity contribution in [3.8, 4) is 5.75 Å². The summed E-state index contributed by atoms with van der Waals surface area (Å²) in [5.74, 6) is -13.8. The van der Waals surface area contributed by atoms with Gasteiger partial charge in [0.05, 0.1) is 32.7 Å². The number of phenolic OH excluding ortho intramolecular Hbond substituents is 1. The van der Waals surface area contributed by atoms with E-state index in [-0.39, 0.29) is 121 Å². The number of carboxylic acids is 5. The summed E-state index contributed by atoms with van der Waals surface area (Å²) in [5, 5.41) is 86.3. The smallest absolute Gasteiger partial charge is 0.326 e. The fourth-order valence-electron chi connectivity index (χ4n) is 13.3. The highest BCUT2D eigenvalue weighted by Crippen LogP contribution is 2.29. The summed E-state index contributed by atoms with van der Waals surface area (Å²) < 4.78 is 0. The summed E-state index contributed by atoms with van der Waals surface area (Å²) in [6.45, 7) is 6.45. The Morgan fingerprint density at radius 2 is 1.08 bits per heavy atom. The molecule has 101 heavy (non-hydrogen) atoms. The number of nitrogens with two attached hydrogens (primary N) is 2. The van der Waals surface area contributed by atoms with Gasteiger partial charge in [0.15, 0.2) is 5.96 Å². The number of likely N-dealkylation sites (tertiary alicyclic amines) is 3. The van der Waals surface area contributed by atoms with Crippen molar-refractivity contribution in [3.05, 3.63) is 29.8 Å². The Balaban J connectivity index is 1.39.